The van der Waals surface area contributed by atoms with Crippen molar-refractivity contribution in [3.63, 3.8) is 0 Å². The predicted molar refractivity (Wildman–Crippen MR) is 78.6 cm³/mol. The number of hydrogen-bond donors (Lipinski definition) is 3. The van der Waals surface area contributed by atoms with E-state index in [2.05, 4.69) is 5.32 Å². The van der Waals surface area contributed by atoms with Crippen molar-refractivity contribution in [2.75, 3.05) is 13.1 Å². The van der Waals surface area contributed by atoms with Crippen LogP contribution in [0.15, 0.2) is 24.3 Å². The van der Waals surface area contributed by atoms with Gasteiger partial charge in [0, 0.05) is 32.5 Å². The Balaban J connectivity index is 1.95. The number of nitrogens with two attached hydrogens (primary N) is 1. The smallest absolute Gasteiger partial charge is 0.380 e. The number of aliphatic hydroxyl groups is 1. The molecule has 132 valence electrons. The highest BCUT2D eigenvalue weighted by molar-refractivity contribution is 5.83. The van der Waals surface area contributed by atoms with Crippen LogP contribution in [-0.4, -0.2) is 40.6 Å². The van der Waals surface area contributed by atoms with E-state index in [0.717, 1.165) is 6.07 Å². The van der Waals surface area contributed by atoms with E-state index in [9.17, 15) is 27.9 Å². The van der Waals surface area contributed by atoms with E-state index in [0.29, 0.717) is 0 Å². The molecular formula is C15H18F3N3O3. The van der Waals surface area contributed by atoms with E-state index in [1.165, 1.54) is 23.1 Å². The van der Waals surface area contributed by atoms with Crippen molar-refractivity contribution in [2.45, 2.75) is 31.2 Å². The van der Waals surface area contributed by atoms with Crippen molar-refractivity contribution in [1.29, 1.82) is 0 Å². The lowest BCUT2D eigenvalue weighted by molar-refractivity contribution is -0.140. The van der Waals surface area contributed by atoms with Gasteiger partial charge in [-0.3, -0.25) is 4.79 Å². The molecule has 1 fully saturated rings. The maximum Gasteiger partial charge on any atom is 0.416 e. The van der Waals surface area contributed by atoms with E-state index in [4.69, 9.17) is 5.73 Å². The van der Waals surface area contributed by atoms with E-state index >= 15 is 0 Å². The highest BCUT2D eigenvalue weighted by Gasteiger charge is 2.39. The molecule has 0 bridgehead atoms. The molecule has 0 saturated carbocycles. The number of nitrogens with one attached hydrogen (secondary N) is 1. The Morgan fingerprint density at radius 1 is 1.25 bits per heavy atom. The van der Waals surface area contributed by atoms with Gasteiger partial charge in [-0.25, -0.2) is 4.79 Å². The van der Waals surface area contributed by atoms with Crippen molar-refractivity contribution >= 4 is 11.9 Å². The fraction of sp³-hybridized carbons (Fsp3) is 0.467. The van der Waals surface area contributed by atoms with Crippen LogP contribution in [0.25, 0.3) is 0 Å². The topological polar surface area (TPSA) is 95.7 Å². The van der Waals surface area contributed by atoms with Crippen LogP contribution in [0.3, 0.4) is 0 Å². The van der Waals surface area contributed by atoms with Gasteiger partial charge in [0.15, 0.2) is 0 Å². The Morgan fingerprint density at radius 3 is 2.38 bits per heavy atom. The lowest BCUT2D eigenvalue weighted by Crippen LogP contribution is -2.54. The van der Waals surface area contributed by atoms with Crippen LogP contribution in [0.4, 0.5) is 18.0 Å². The summed E-state index contributed by atoms with van der Waals surface area (Å²) in [6.45, 7) is -0.0938. The molecule has 24 heavy (non-hydrogen) atoms. The standard InChI is InChI=1S/C15H18F3N3O3/c16-15(17,18)11-4-2-1-3-10(11)9-20-13(23)21-7-5-14(24,6-8-21)12(19)22/h1-4,24H,5-9H2,(H2,19,22)(H,20,23). The second kappa shape index (κ2) is 6.68. The van der Waals surface area contributed by atoms with Gasteiger partial charge >= 0.3 is 12.2 Å². The number of carbonyl (C=O) groups is 2. The molecule has 4 N–H and O–H groups in total. The molecule has 0 atom stereocenters. The number of benzene rings is 1. The van der Waals surface area contributed by atoms with Crippen LogP contribution in [0.5, 0.6) is 0 Å². The summed E-state index contributed by atoms with van der Waals surface area (Å²) in [5.74, 6) is -0.846. The summed E-state index contributed by atoms with van der Waals surface area (Å²) in [4.78, 5) is 24.5. The molecular weight excluding hydrogens is 327 g/mol. The fourth-order valence-electron chi connectivity index (χ4n) is 2.56. The number of rotatable bonds is 3. The van der Waals surface area contributed by atoms with Gasteiger partial charge in [0.1, 0.15) is 5.60 Å². The number of carbonyl (C=O) groups excluding carboxylic acids is 2. The third kappa shape index (κ3) is 3.97. The maximum absolute atomic E-state index is 12.9. The van der Waals surface area contributed by atoms with E-state index in [1.54, 1.807) is 0 Å². The molecule has 6 nitrogen and oxygen atoms in total. The third-order valence-electron chi connectivity index (χ3n) is 4.09. The van der Waals surface area contributed by atoms with Crippen molar-refractivity contribution in [3.8, 4) is 0 Å². The van der Waals surface area contributed by atoms with Crippen LogP contribution in [-0.2, 0) is 17.5 Å². The number of primary amides is 1. The largest absolute Gasteiger partial charge is 0.416 e. The molecule has 0 radical (unpaired) electrons. The summed E-state index contributed by atoms with van der Waals surface area (Å²) < 4.78 is 38.7. The van der Waals surface area contributed by atoms with Gasteiger partial charge in [0.05, 0.1) is 5.56 Å². The third-order valence-corrected chi connectivity index (χ3v) is 4.09. The van der Waals surface area contributed by atoms with Crippen LogP contribution >= 0.6 is 0 Å². The molecule has 9 heteroatoms. The lowest BCUT2D eigenvalue weighted by Gasteiger charge is -2.36. The Labute approximate surface area is 136 Å². The van der Waals surface area contributed by atoms with Crippen molar-refractivity contribution in [2.24, 2.45) is 5.73 Å². The number of piperidine rings is 1. The average Bonchev–Trinajstić information content (AvgIpc) is 2.52. The quantitative estimate of drug-likeness (QED) is 0.769. The van der Waals surface area contributed by atoms with Crippen molar-refractivity contribution < 1.29 is 27.9 Å². The number of hydrogen-bond acceptors (Lipinski definition) is 3. The van der Waals surface area contributed by atoms with E-state index in [-0.39, 0.29) is 38.0 Å². The Hall–Kier alpha value is -2.29. The van der Waals surface area contributed by atoms with E-state index in [1.807, 2.05) is 0 Å². The Morgan fingerprint density at radius 2 is 1.83 bits per heavy atom. The summed E-state index contributed by atoms with van der Waals surface area (Å²) in [7, 11) is 0. The predicted octanol–water partition coefficient (Wildman–Crippen LogP) is 1.23. The van der Waals surface area contributed by atoms with Gasteiger partial charge in [0.25, 0.3) is 0 Å². The van der Waals surface area contributed by atoms with E-state index < -0.39 is 29.3 Å². The Bertz CT molecular complexity index is 626. The molecule has 0 spiro atoms. The summed E-state index contributed by atoms with van der Waals surface area (Å²) in [5, 5.41) is 12.4. The first-order chi connectivity index (χ1) is 11.1. The van der Waals surface area contributed by atoms with Gasteiger partial charge in [-0.1, -0.05) is 18.2 Å². The minimum atomic E-state index is -4.50. The van der Waals surface area contributed by atoms with Gasteiger partial charge < -0.3 is 21.1 Å². The number of likely N-dealkylation sites (tertiary alicyclic amines) is 1. The zero-order valence-corrected chi connectivity index (χ0v) is 12.8. The summed E-state index contributed by atoms with van der Waals surface area (Å²) in [6, 6.07) is 4.44. The highest BCUT2D eigenvalue weighted by Crippen LogP contribution is 2.31. The molecule has 1 aromatic rings. The monoisotopic (exact) mass is 345 g/mol. The van der Waals surface area contributed by atoms with Crippen molar-refractivity contribution in [1.82, 2.24) is 10.2 Å². The Kier molecular flexibility index (Phi) is 5.02. The van der Waals surface area contributed by atoms with Crippen molar-refractivity contribution in [3.05, 3.63) is 35.4 Å². The molecule has 0 aromatic heterocycles. The molecule has 1 aliphatic rings. The fourth-order valence-corrected chi connectivity index (χ4v) is 2.56. The average molecular weight is 345 g/mol. The van der Waals surface area contributed by atoms with Gasteiger partial charge in [0.2, 0.25) is 5.91 Å². The van der Waals surface area contributed by atoms with Crippen LogP contribution in [0.2, 0.25) is 0 Å². The SMILES string of the molecule is NC(=O)C1(O)CCN(C(=O)NCc2ccccc2C(F)(F)F)CC1. The molecule has 1 aliphatic heterocycles. The van der Waals surface area contributed by atoms with Crippen LogP contribution in [0.1, 0.15) is 24.0 Å². The van der Waals surface area contributed by atoms with Gasteiger partial charge in [-0.05, 0) is 11.6 Å². The first kappa shape index (κ1) is 18.1. The summed E-state index contributed by atoms with van der Waals surface area (Å²) in [6.07, 6.45) is -4.51. The normalized spacial score (nSPS) is 17.4. The molecule has 2 rings (SSSR count). The summed E-state index contributed by atoms with van der Waals surface area (Å²) >= 11 is 0. The first-order valence-electron chi connectivity index (χ1n) is 7.34. The zero-order chi connectivity index (χ0) is 18.0. The van der Waals surface area contributed by atoms with Gasteiger partial charge in [-0.15, -0.1) is 0 Å². The number of alkyl halides is 3. The minimum absolute atomic E-state index is 0.00507. The second-order valence-corrected chi connectivity index (χ2v) is 5.70. The lowest BCUT2D eigenvalue weighted by atomic mass is 9.91. The molecule has 0 aliphatic carbocycles. The zero-order valence-electron chi connectivity index (χ0n) is 12.8. The maximum atomic E-state index is 12.9. The molecule has 0 unspecified atom stereocenters. The number of urea groups is 1. The first-order valence-corrected chi connectivity index (χ1v) is 7.34. The number of nitrogens with zero attached hydrogens (tertiary/aromatic N) is 1. The van der Waals surface area contributed by atoms with Crippen LogP contribution < -0.4 is 11.1 Å². The molecule has 1 heterocycles. The highest BCUT2D eigenvalue weighted by atomic mass is 19.4. The molecule has 1 saturated heterocycles. The van der Waals surface area contributed by atoms with Crippen LogP contribution in [0, 0.1) is 0 Å². The summed E-state index contributed by atoms with van der Waals surface area (Å²) in [5.41, 5.74) is 2.62. The van der Waals surface area contributed by atoms with Gasteiger partial charge in [-0.2, -0.15) is 13.2 Å². The number of halogens is 3. The molecule has 3 amide bonds. The number of amides is 3. The second-order valence-electron chi connectivity index (χ2n) is 5.70. The molecule has 1 aromatic carbocycles. The minimum Gasteiger partial charge on any atom is -0.380 e.